The lowest BCUT2D eigenvalue weighted by Gasteiger charge is -2.23. The van der Waals surface area contributed by atoms with Crippen LogP contribution in [0.4, 0.5) is 0 Å². The zero-order valence-corrected chi connectivity index (χ0v) is 10.6. The van der Waals surface area contributed by atoms with Crippen molar-refractivity contribution in [1.82, 2.24) is 4.98 Å². The lowest BCUT2D eigenvalue weighted by atomic mass is 9.87. The predicted molar refractivity (Wildman–Crippen MR) is 69.6 cm³/mol. The predicted octanol–water partition coefficient (Wildman–Crippen LogP) is 2.70. The number of hydrogen-bond acceptors (Lipinski definition) is 2. The molecule has 1 atom stereocenters. The summed E-state index contributed by atoms with van der Waals surface area (Å²) in [5.74, 6) is 2.64. The summed E-state index contributed by atoms with van der Waals surface area (Å²) >= 11 is 0. The summed E-state index contributed by atoms with van der Waals surface area (Å²) in [5.41, 5.74) is 8.82. The van der Waals surface area contributed by atoms with E-state index in [1.807, 2.05) is 6.20 Å². The first-order chi connectivity index (χ1) is 8.24. The number of nitrogens with zero attached hydrogens (tertiary/aromatic N) is 1. The molecule has 2 heteroatoms. The van der Waals surface area contributed by atoms with Crippen molar-refractivity contribution in [3.63, 3.8) is 0 Å². The van der Waals surface area contributed by atoms with Gasteiger partial charge in [0, 0.05) is 24.4 Å². The second-order valence-electron chi connectivity index (χ2n) is 5.95. The molecule has 0 radical (unpaired) electrons. The van der Waals surface area contributed by atoms with Crippen molar-refractivity contribution in [3.05, 3.63) is 29.6 Å². The average molecular weight is 230 g/mol. The molecular formula is C15H22N2. The van der Waals surface area contributed by atoms with E-state index in [1.54, 1.807) is 0 Å². The van der Waals surface area contributed by atoms with Crippen molar-refractivity contribution in [1.29, 1.82) is 0 Å². The molecule has 2 fully saturated rings. The lowest BCUT2D eigenvalue weighted by Crippen LogP contribution is -2.35. The quantitative estimate of drug-likeness (QED) is 0.844. The van der Waals surface area contributed by atoms with Crippen molar-refractivity contribution >= 4 is 0 Å². The third-order valence-corrected chi connectivity index (χ3v) is 4.24. The van der Waals surface area contributed by atoms with Gasteiger partial charge in [0.05, 0.1) is 0 Å². The van der Waals surface area contributed by atoms with Crippen LogP contribution in [0.15, 0.2) is 18.3 Å². The number of aromatic nitrogens is 1. The number of hydrogen-bond donors (Lipinski definition) is 1. The second kappa shape index (κ2) is 4.41. The van der Waals surface area contributed by atoms with E-state index < -0.39 is 0 Å². The molecule has 3 rings (SSSR count). The summed E-state index contributed by atoms with van der Waals surface area (Å²) in [5, 5.41) is 0. The topological polar surface area (TPSA) is 38.9 Å². The molecule has 92 valence electrons. The van der Waals surface area contributed by atoms with Crippen LogP contribution in [0, 0.1) is 24.7 Å². The molecular weight excluding hydrogens is 208 g/mol. The number of pyridine rings is 1. The van der Waals surface area contributed by atoms with Crippen molar-refractivity contribution in [2.75, 3.05) is 0 Å². The van der Waals surface area contributed by atoms with E-state index in [4.69, 9.17) is 5.73 Å². The summed E-state index contributed by atoms with van der Waals surface area (Å²) in [6, 6.07) is 4.59. The van der Waals surface area contributed by atoms with Gasteiger partial charge in [-0.3, -0.25) is 4.98 Å². The summed E-state index contributed by atoms with van der Waals surface area (Å²) in [4.78, 5) is 4.48. The molecule has 1 unspecified atom stereocenters. The Kier molecular flexibility index (Phi) is 2.91. The minimum Gasteiger partial charge on any atom is -0.327 e. The van der Waals surface area contributed by atoms with Crippen molar-refractivity contribution in [2.45, 2.75) is 45.1 Å². The fourth-order valence-corrected chi connectivity index (χ4v) is 3.04. The van der Waals surface area contributed by atoms with Crippen molar-refractivity contribution in [2.24, 2.45) is 23.5 Å². The zero-order valence-electron chi connectivity index (χ0n) is 10.6. The van der Waals surface area contributed by atoms with Gasteiger partial charge in [-0.25, -0.2) is 0 Å². The lowest BCUT2D eigenvalue weighted by molar-refractivity contribution is 0.326. The second-order valence-corrected chi connectivity index (χ2v) is 5.95. The Morgan fingerprint density at radius 1 is 1.24 bits per heavy atom. The van der Waals surface area contributed by atoms with Gasteiger partial charge in [0.25, 0.3) is 0 Å². The van der Waals surface area contributed by atoms with E-state index in [0.29, 0.717) is 6.04 Å². The minimum atomic E-state index is 0.324. The van der Waals surface area contributed by atoms with Gasteiger partial charge in [-0.15, -0.1) is 0 Å². The highest BCUT2D eigenvalue weighted by Crippen LogP contribution is 2.50. The smallest absolute Gasteiger partial charge is 0.0419 e. The molecule has 2 aliphatic rings. The molecule has 2 nitrogen and oxygen atoms in total. The van der Waals surface area contributed by atoms with E-state index >= 15 is 0 Å². The van der Waals surface area contributed by atoms with Crippen LogP contribution < -0.4 is 5.73 Å². The standard InChI is InChI=1S/C15H22N2/c1-10-2-7-13(17-9-10)8-14(16)15(11-3-4-11)12-5-6-12/h2,7,9,11-12,14-15H,3-6,8,16H2,1H3. The van der Waals surface area contributed by atoms with Crippen LogP contribution in [0.3, 0.4) is 0 Å². The van der Waals surface area contributed by atoms with Gasteiger partial charge in [0.1, 0.15) is 0 Å². The molecule has 0 spiro atoms. The Bertz CT molecular complexity index is 364. The first kappa shape index (κ1) is 11.2. The first-order valence-electron chi connectivity index (χ1n) is 6.91. The number of rotatable bonds is 5. The minimum absolute atomic E-state index is 0.324. The summed E-state index contributed by atoms with van der Waals surface area (Å²) in [6.45, 7) is 2.08. The molecule has 1 aromatic heterocycles. The Balaban J connectivity index is 1.64. The molecule has 2 aliphatic carbocycles. The number of aryl methyl sites for hydroxylation is 1. The van der Waals surface area contributed by atoms with Crippen LogP contribution in [0.2, 0.25) is 0 Å². The Morgan fingerprint density at radius 3 is 2.35 bits per heavy atom. The van der Waals surface area contributed by atoms with Gasteiger partial charge < -0.3 is 5.73 Å². The van der Waals surface area contributed by atoms with Gasteiger partial charge in [0.15, 0.2) is 0 Å². The maximum atomic E-state index is 6.43. The highest BCUT2D eigenvalue weighted by Gasteiger charge is 2.44. The largest absolute Gasteiger partial charge is 0.327 e. The third-order valence-electron chi connectivity index (χ3n) is 4.24. The molecule has 2 N–H and O–H groups in total. The van der Waals surface area contributed by atoms with E-state index in [1.165, 1.54) is 31.2 Å². The van der Waals surface area contributed by atoms with Gasteiger partial charge >= 0.3 is 0 Å². The van der Waals surface area contributed by atoms with Crippen LogP contribution in [0.5, 0.6) is 0 Å². The molecule has 0 amide bonds. The normalized spacial score (nSPS) is 21.8. The molecule has 0 aliphatic heterocycles. The SMILES string of the molecule is Cc1ccc(CC(N)C(C2CC2)C2CC2)nc1. The maximum Gasteiger partial charge on any atom is 0.0419 e. The van der Waals surface area contributed by atoms with Gasteiger partial charge in [-0.2, -0.15) is 0 Å². The van der Waals surface area contributed by atoms with Gasteiger partial charge in [-0.05, 0) is 62.0 Å². The van der Waals surface area contributed by atoms with Crippen LogP contribution in [0.25, 0.3) is 0 Å². The van der Waals surface area contributed by atoms with Crippen LogP contribution in [-0.4, -0.2) is 11.0 Å². The maximum absolute atomic E-state index is 6.43. The highest BCUT2D eigenvalue weighted by molar-refractivity contribution is 5.13. The average Bonchev–Trinajstić information content (AvgIpc) is 3.14. The van der Waals surface area contributed by atoms with Gasteiger partial charge in [-0.1, -0.05) is 6.07 Å². The van der Waals surface area contributed by atoms with E-state index in [2.05, 4.69) is 24.0 Å². The van der Waals surface area contributed by atoms with Crippen molar-refractivity contribution in [3.8, 4) is 0 Å². The van der Waals surface area contributed by atoms with E-state index in [0.717, 1.165) is 29.9 Å². The Hall–Kier alpha value is -0.890. The van der Waals surface area contributed by atoms with Gasteiger partial charge in [0.2, 0.25) is 0 Å². The molecule has 1 heterocycles. The fraction of sp³-hybridized carbons (Fsp3) is 0.667. The molecule has 2 saturated carbocycles. The molecule has 1 aromatic rings. The monoisotopic (exact) mass is 230 g/mol. The number of nitrogens with two attached hydrogens (primary N) is 1. The molecule has 0 saturated heterocycles. The first-order valence-corrected chi connectivity index (χ1v) is 6.91. The van der Waals surface area contributed by atoms with E-state index in [-0.39, 0.29) is 0 Å². The van der Waals surface area contributed by atoms with Crippen LogP contribution in [0.1, 0.15) is 36.9 Å². The Morgan fingerprint density at radius 2 is 1.88 bits per heavy atom. The molecule has 0 aromatic carbocycles. The molecule has 17 heavy (non-hydrogen) atoms. The van der Waals surface area contributed by atoms with Crippen LogP contribution in [-0.2, 0) is 6.42 Å². The third kappa shape index (κ3) is 2.68. The molecule has 0 bridgehead atoms. The zero-order chi connectivity index (χ0) is 11.8. The van der Waals surface area contributed by atoms with Crippen molar-refractivity contribution < 1.29 is 0 Å². The summed E-state index contributed by atoms with van der Waals surface area (Å²) < 4.78 is 0. The van der Waals surface area contributed by atoms with Crippen LogP contribution >= 0.6 is 0 Å². The summed E-state index contributed by atoms with van der Waals surface area (Å²) in [6.07, 6.45) is 8.56. The Labute approximate surface area is 104 Å². The summed E-state index contributed by atoms with van der Waals surface area (Å²) in [7, 11) is 0. The fourth-order valence-electron chi connectivity index (χ4n) is 3.04. The highest BCUT2D eigenvalue weighted by atomic mass is 14.7. The van der Waals surface area contributed by atoms with E-state index in [9.17, 15) is 0 Å².